The molecule has 0 radical (unpaired) electrons. The molecular weight excluding hydrogens is 456 g/mol. The van der Waals surface area contributed by atoms with Crippen molar-refractivity contribution in [2.75, 3.05) is 26.5 Å². The van der Waals surface area contributed by atoms with Crippen molar-refractivity contribution < 1.29 is 28.2 Å². The molecule has 1 saturated heterocycles. The van der Waals surface area contributed by atoms with Gasteiger partial charge in [0.25, 0.3) is 5.91 Å². The number of hydrogen-bond donors (Lipinski definition) is 0. The van der Waals surface area contributed by atoms with Crippen molar-refractivity contribution in [3.8, 4) is 11.5 Å². The van der Waals surface area contributed by atoms with Crippen LogP contribution < -0.4 is 9.47 Å². The highest BCUT2D eigenvalue weighted by molar-refractivity contribution is 7.09. The molecule has 0 bridgehead atoms. The highest BCUT2D eigenvalue weighted by atomic mass is 32.1. The zero-order valence-electron chi connectivity index (χ0n) is 18.7. The molecule has 4 heterocycles. The molecule has 2 aliphatic heterocycles. The Morgan fingerprint density at radius 2 is 1.94 bits per heavy atom. The first-order valence-corrected chi connectivity index (χ1v) is 12.2. The van der Waals surface area contributed by atoms with E-state index in [-0.39, 0.29) is 37.0 Å². The molecule has 5 rings (SSSR count). The minimum atomic E-state index is -0.312. The molecule has 2 aromatic heterocycles. The first kappa shape index (κ1) is 22.5. The highest BCUT2D eigenvalue weighted by Gasteiger charge is 2.28. The van der Waals surface area contributed by atoms with Crippen molar-refractivity contribution in [1.29, 1.82) is 0 Å². The van der Waals surface area contributed by atoms with Crippen LogP contribution >= 0.6 is 11.3 Å². The smallest absolute Gasteiger partial charge is 0.290 e. The molecule has 178 valence electrons. The van der Waals surface area contributed by atoms with Crippen molar-refractivity contribution in [1.82, 2.24) is 9.80 Å². The normalized spacial score (nSPS) is 16.5. The van der Waals surface area contributed by atoms with Crippen LogP contribution in [0.1, 0.15) is 33.8 Å². The van der Waals surface area contributed by atoms with Crippen LogP contribution in [0.2, 0.25) is 0 Å². The van der Waals surface area contributed by atoms with E-state index in [9.17, 15) is 9.59 Å². The first-order chi connectivity index (χ1) is 16.7. The lowest BCUT2D eigenvalue weighted by atomic mass is 10.1. The van der Waals surface area contributed by atoms with Gasteiger partial charge in [0.2, 0.25) is 12.7 Å². The van der Waals surface area contributed by atoms with Gasteiger partial charge in [0.1, 0.15) is 6.54 Å². The van der Waals surface area contributed by atoms with Crippen LogP contribution in [0.25, 0.3) is 0 Å². The first-order valence-electron chi connectivity index (χ1n) is 11.3. The molecule has 2 aliphatic rings. The monoisotopic (exact) mass is 482 g/mol. The number of carbonyl (C=O) groups excluding carboxylic acids is 2. The highest BCUT2D eigenvalue weighted by Crippen LogP contribution is 2.33. The van der Waals surface area contributed by atoms with Gasteiger partial charge >= 0.3 is 0 Å². The van der Waals surface area contributed by atoms with Crippen molar-refractivity contribution in [3.05, 3.63) is 70.3 Å². The van der Waals surface area contributed by atoms with Gasteiger partial charge in [-0.1, -0.05) is 12.1 Å². The lowest BCUT2D eigenvalue weighted by molar-refractivity contribution is -0.133. The van der Waals surface area contributed by atoms with Crippen molar-refractivity contribution in [2.45, 2.75) is 32.0 Å². The Bertz CT molecular complexity index is 1110. The summed E-state index contributed by atoms with van der Waals surface area (Å²) < 4.78 is 22.0. The number of benzene rings is 1. The summed E-state index contributed by atoms with van der Waals surface area (Å²) in [6, 6.07) is 12.9. The summed E-state index contributed by atoms with van der Waals surface area (Å²) in [6.45, 7) is 2.00. The maximum absolute atomic E-state index is 13.6. The van der Waals surface area contributed by atoms with Crippen molar-refractivity contribution >= 4 is 23.2 Å². The van der Waals surface area contributed by atoms with E-state index in [1.165, 1.54) is 11.2 Å². The number of rotatable bonds is 9. The predicted octanol–water partition coefficient (Wildman–Crippen LogP) is 3.92. The average Bonchev–Trinajstić information content (AvgIpc) is 3.65. The number of fused-ring (bicyclic) bond motifs is 1. The van der Waals surface area contributed by atoms with Crippen molar-refractivity contribution in [3.63, 3.8) is 0 Å². The summed E-state index contributed by atoms with van der Waals surface area (Å²) in [5.41, 5.74) is 0.928. The Morgan fingerprint density at radius 3 is 2.71 bits per heavy atom. The second kappa shape index (κ2) is 10.3. The number of furan rings is 1. The largest absolute Gasteiger partial charge is 0.459 e. The summed E-state index contributed by atoms with van der Waals surface area (Å²) in [7, 11) is 0. The Kier molecular flexibility index (Phi) is 6.82. The minimum absolute atomic E-state index is 0.0602. The Labute approximate surface area is 201 Å². The second-order valence-corrected chi connectivity index (χ2v) is 9.35. The molecule has 9 heteroatoms. The summed E-state index contributed by atoms with van der Waals surface area (Å²) in [4.78, 5) is 31.1. The third kappa shape index (κ3) is 5.26. The van der Waals surface area contributed by atoms with Crippen LogP contribution in [0.4, 0.5) is 0 Å². The second-order valence-electron chi connectivity index (χ2n) is 8.31. The third-order valence-corrected chi connectivity index (χ3v) is 6.74. The van der Waals surface area contributed by atoms with Gasteiger partial charge in [-0.2, -0.15) is 0 Å². The Morgan fingerprint density at radius 1 is 1.03 bits per heavy atom. The van der Waals surface area contributed by atoms with Crippen LogP contribution in [-0.4, -0.2) is 54.2 Å². The molecule has 1 fully saturated rings. The van der Waals surface area contributed by atoms with Gasteiger partial charge in [0, 0.05) is 24.6 Å². The van der Waals surface area contributed by atoms with Gasteiger partial charge in [0.05, 0.1) is 18.9 Å². The van der Waals surface area contributed by atoms with E-state index in [2.05, 4.69) is 0 Å². The van der Waals surface area contributed by atoms with E-state index in [4.69, 9.17) is 18.6 Å². The van der Waals surface area contributed by atoms with Crippen LogP contribution in [0.5, 0.6) is 11.5 Å². The topological polar surface area (TPSA) is 81.5 Å². The van der Waals surface area contributed by atoms with Crippen LogP contribution in [0.15, 0.2) is 58.5 Å². The fraction of sp³-hybridized carbons (Fsp3) is 0.360. The maximum Gasteiger partial charge on any atom is 0.290 e. The van der Waals surface area contributed by atoms with Gasteiger partial charge < -0.3 is 28.4 Å². The molecule has 34 heavy (non-hydrogen) atoms. The fourth-order valence-electron chi connectivity index (χ4n) is 4.16. The van der Waals surface area contributed by atoms with E-state index >= 15 is 0 Å². The molecule has 1 unspecified atom stereocenters. The Balaban J connectivity index is 1.35. The lowest BCUT2D eigenvalue weighted by Gasteiger charge is -2.28. The zero-order valence-corrected chi connectivity index (χ0v) is 19.5. The molecular formula is C25H26N2O6S. The van der Waals surface area contributed by atoms with E-state index in [1.807, 2.05) is 35.7 Å². The molecule has 0 aliphatic carbocycles. The molecule has 0 N–H and O–H groups in total. The summed E-state index contributed by atoms with van der Waals surface area (Å²) in [5, 5.41) is 1.99. The minimum Gasteiger partial charge on any atom is -0.459 e. The molecule has 1 aromatic carbocycles. The molecule has 1 atom stereocenters. The number of nitrogens with zero attached hydrogens (tertiary/aromatic N) is 2. The van der Waals surface area contributed by atoms with Crippen LogP contribution in [0, 0.1) is 0 Å². The van der Waals surface area contributed by atoms with Gasteiger partial charge in [0.15, 0.2) is 17.3 Å². The van der Waals surface area contributed by atoms with Crippen LogP contribution in [0.3, 0.4) is 0 Å². The van der Waals surface area contributed by atoms with E-state index in [0.29, 0.717) is 37.7 Å². The standard InChI is InChI=1S/C25H26N2O6S/c28-24(16-27(14-19-4-1-9-30-19)25(29)22-6-2-10-31-22)26(15-20-5-3-11-34-20)13-18-7-8-21-23(12-18)33-17-32-21/h2-3,5-8,10-12,19H,1,4,9,13-17H2. The Hall–Kier alpha value is -3.30. The number of carbonyl (C=O) groups is 2. The molecule has 2 amide bonds. The SMILES string of the molecule is O=C(CN(CC1CCCO1)C(=O)c1ccco1)N(Cc1ccc2c(c1)OCO2)Cc1cccs1. The van der Waals surface area contributed by atoms with Gasteiger partial charge in [-0.05, 0) is 54.1 Å². The quantitative estimate of drug-likeness (QED) is 0.460. The number of thiophene rings is 1. The van der Waals surface area contributed by atoms with E-state index < -0.39 is 0 Å². The number of ether oxygens (including phenoxy) is 3. The lowest BCUT2D eigenvalue weighted by Crippen LogP contribution is -2.45. The van der Waals surface area contributed by atoms with Crippen molar-refractivity contribution in [2.24, 2.45) is 0 Å². The van der Waals surface area contributed by atoms with Gasteiger partial charge in [-0.25, -0.2) is 0 Å². The summed E-state index contributed by atoms with van der Waals surface area (Å²) in [6.07, 6.45) is 3.20. The van der Waals surface area contributed by atoms with Crippen LogP contribution in [-0.2, 0) is 22.6 Å². The van der Waals surface area contributed by atoms with E-state index in [1.54, 1.807) is 28.4 Å². The molecule has 0 spiro atoms. The summed E-state index contributed by atoms with van der Waals surface area (Å²) >= 11 is 1.59. The molecule has 8 nitrogen and oxygen atoms in total. The molecule has 3 aromatic rings. The molecule has 0 saturated carbocycles. The zero-order chi connectivity index (χ0) is 23.3. The summed E-state index contributed by atoms with van der Waals surface area (Å²) in [5.74, 6) is 1.13. The predicted molar refractivity (Wildman–Crippen MR) is 125 cm³/mol. The number of hydrogen-bond acceptors (Lipinski definition) is 7. The number of amides is 2. The van der Waals surface area contributed by atoms with Gasteiger partial charge in [-0.15, -0.1) is 11.3 Å². The maximum atomic E-state index is 13.6. The fourth-order valence-corrected chi connectivity index (χ4v) is 4.87. The third-order valence-electron chi connectivity index (χ3n) is 5.88. The van der Waals surface area contributed by atoms with Gasteiger partial charge in [-0.3, -0.25) is 9.59 Å². The van der Waals surface area contributed by atoms with E-state index in [0.717, 1.165) is 23.3 Å². The average molecular weight is 483 g/mol.